The average molecular weight is 548 g/mol. The fourth-order valence-electron chi connectivity index (χ4n) is 5.15. The number of anilines is 2. The number of benzene rings is 2. The molecule has 11 heteroatoms. The van der Waals surface area contributed by atoms with Crippen molar-refractivity contribution < 1.29 is 27.5 Å². The number of pyridine rings is 1. The zero-order chi connectivity index (χ0) is 28.0. The number of carbonyl (C=O) groups is 2. The second-order valence-electron chi connectivity index (χ2n) is 10.0. The van der Waals surface area contributed by atoms with Crippen LogP contribution in [-0.2, 0) is 15.7 Å². The Morgan fingerprint density at radius 2 is 1.82 bits per heavy atom. The highest BCUT2D eigenvalue weighted by molar-refractivity contribution is 6.04. The molecular weight excluding hydrogens is 523 g/mol. The minimum atomic E-state index is -4.55. The third kappa shape index (κ3) is 4.95. The molecule has 3 heterocycles. The molecule has 2 amide bonds. The molecule has 0 spiro atoms. The normalized spacial score (nSPS) is 19.6. The highest BCUT2D eigenvalue weighted by Gasteiger charge is 2.58. The molecule has 1 saturated carbocycles. The van der Waals surface area contributed by atoms with E-state index in [4.69, 9.17) is 4.74 Å². The Bertz CT molecular complexity index is 1610. The lowest BCUT2D eigenvalue weighted by Crippen LogP contribution is -2.19. The number of hydrogen-bond acceptors (Lipinski definition) is 5. The van der Waals surface area contributed by atoms with Crippen LogP contribution in [0.2, 0.25) is 0 Å². The molecule has 2 N–H and O–H groups in total. The summed E-state index contributed by atoms with van der Waals surface area (Å²) in [6, 6.07) is 11.1. The molecule has 2 aliphatic rings. The van der Waals surface area contributed by atoms with Crippen molar-refractivity contribution in [3.63, 3.8) is 0 Å². The molecule has 2 aromatic heterocycles. The van der Waals surface area contributed by atoms with Gasteiger partial charge >= 0.3 is 6.18 Å². The first-order valence-corrected chi connectivity index (χ1v) is 12.7. The number of alkyl halides is 3. The third-order valence-corrected chi connectivity index (χ3v) is 7.39. The van der Waals surface area contributed by atoms with E-state index in [1.165, 1.54) is 12.1 Å². The monoisotopic (exact) mass is 547 g/mol. The van der Waals surface area contributed by atoms with Crippen molar-refractivity contribution in [2.75, 3.05) is 23.8 Å². The topological polar surface area (TPSA) is 98.1 Å². The molecule has 2 aromatic carbocycles. The largest absolute Gasteiger partial charge is 0.416 e. The fraction of sp³-hybridized carbons (Fsp3) is 0.241. The van der Waals surface area contributed by atoms with Gasteiger partial charge in [0.2, 0.25) is 5.91 Å². The number of halogens is 3. The molecular formula is C29H24F3N5O3. The minimum absolute atomic E-state index is 0.0294. The van der Waals surface area contributed by atoms with Gasteiger partial charge in [0, 0.05) is 46.9 Å². The second kappa shape index (κ2) is 9.91. The molecule has 204 valence electrons. The van der Waals surface area contributed by atoms with E-state index in [0.29, 0.717) is 35.8 Å². The Balaban J connectivity index is 1.21. The highest BCUT2D eigenvalue weighted by Crippen LogP contribution is 2.51. The summed E-state index contributed by atoms with van der Waals surface area (Å²) in [5.74, 6) is -0.147. The summed E-state index contributed by atoms with van der Waals surface area (Å²) < 4.78 is 46.2. The Kier molecular flexibility index (Phi) is 6.38. The molecule has 1 saturated heterocycles. The Morgan fingerprint density at radius 3 is 2.60 bits per heavy atom. The van der Waals surface area contributed by atoms with Crippen LogP contribution in [0, 0.1) is 24.7 Å². The van der Waals surface area contributed by atoms with Crippen LogP contribution in [0.4, 0.5) is 24.5 Å². The lowest BCUT2D eigenvalue weighted by Gasteiger charge is -2.12. The maximum atomic E-state index is 13.1. The van der Waals surface area contributed by atoms with Gasteiger partial charge in [-0.2, -0.15) is 18.3 Å². The van der Waals surface area contributed by atoms with Gasteiger partial charge in [0.25, 0.3) is 5.91 Å². The van der Waals surface area contributed by atoms with Crippen LogP contribution in [-0.4, -0.2) is 39.8 Å². The van der Waals surface area contributed by atoms with Crippen molar-refractivity contribution in [1.29, 1.82) is 0 Å². The molecule has 1 aliphatic carbocycles. The number of nitrogens with one attached hydrogen (secondary N) is 2. The summed E-state index contributed by atoms with van der Waals surface area (Å²) >= 11 is 0. The zero-order valence-electron chi connectivity index (χ0n) is 21.3. The van der Waals surface area contributed by atoms with Crippen molar-refractivity contribution in [2.24, 2.45) is 17.8 Å². The van der Waals surface area contributed by atoms with Gasteiger partial charge in [-0.15, -0.1) is 0 Å². The summed E-state index contributed by atoms with van der Waals surface area (Å²) in [6.07, 6.45) is 2.16. The number of nitrogens with zero attached hydrogens (tertiary/aromatic N) is 3. The fourth-order valence-corrected chi connectivity index (χ4v) is 5.15. The van der Waals surface area contributed by atoms with Gasteiger partial charge in [0.05, 0.1) is 36.3 Å². The van der Waals surface area contributed by atoms with Crippen LogP contribution < -0.4 is 10.6 Å². The quantitative estimate of drug-likeness (QED) is 0.340. The molecule has 0 radical (unpaired) electrons. The van der Waals surface area contributed by atoms with Crippen LogP contribution in [0.1, 0.15) is 21.5 Å². The number of rotatable bonds is 6. The van der Waals surface area contributed by atoms with E-state index in [1.54, 1.807) is 53.7 Å². The molecule has 1 aliphatic heterocycles. The summed E-state index contributed by atoms with van der Waals surface area (Å²) in [4.78, 5) is 29.8. The Labute approximate surface area is 227 Å². The maximum absolute atomic E-state index is 13.1. The van der Waals surface area contributed by atoms with Crippen LogP contribution in [0.3, 0.4) is 0 Å². The van der Waals surface area contributed by atoms with E-state index in [9.17, 15) is 22.8 Å². The molecule has 2 atom stereocenters. The van der Waals surface area contributed by atoms with Gasteiger partial charge < -0.3 is 15.4 Å². The number of aromatic nitrogens is 3. The number of fused-ring (bicyclic) bond motifs is 1. The lowest BCUT2D eigenvalue weighted by molar-refractivity contribution is -0.137. The van der Waals surface area contributed by atoms with Gasteiger partial charge in [0.1, 0.15) is 0 Å². The van der Waals surface area contributed by atoms with Crippen LogP contribution in [0.5, 0.6) is 0 Å². The highest BCUT2D eigenvalue weighted by atomic mass is 19.4. The van der Waals surface area contributed by atoms with E-state index in [-0.39, 0.29) is 29.2 Å². The molecule has 40 heavy (non-hydrogen) atoms. The second-order valence-corrected chi connectivity index (χ2v) is 10.0. The van der Waals surface area contributed by atoms with Crippen molar-refractivity contribution in [3.8, 4) is 16.8 Å². The Hall–Kier alpha value is -4.51. The SMILES string of the molecule is Cc1ccc(NC(=O)c2cccc(C(F)(F)F)c2)cc1-n1cc(-c2cnccc2NC(=O)C2C3COCC32)cn1. The average Bonchev–Trinajstić information content (AvgIpc) is 3.24. The number of aryl methyl sites for hydroxylation is 1. The molecule has 6 rings (SSSR count). The zero-order valence-corrected chi connectivity index (χ0v) is 21.3. The summed E-state index contributed by atoms with van der Waals surface area (Å²) in [7, 11) is 0. The number of hydrogen-bond donors (Lipinski definition) is 2. The molecule has 2 fully saturated rings. The summed E-state index contributed by atoms with van der Waals surface area (Å²) in [5, 5.41) is 10.2. The number of carbonyl (C=O) groups excluding carboxylic acids is 2. The summed E-state index contributed by atoms with van der Waals surface area (Å²) in [5.41, 5.74) is 2.97. The maximum Gasteiger partial charge on any atom is 0.416 e. The van der Waals surface area contributed by atoms with E-state index < -0.39 is 17.6 Å². The first-order valence-electron chi connectivity index (χ1n) is 12.7. The van der Waals surface area contributed by atoms with E-state index in [1.807, 2.05) is 6.92 Å². The predicted molar refractivity (Wildman–Crippen MR) is 141 cm³/mol. The van der Waals surface area contributed by atoms with Crippen LogP contribution >= 0.6 is 0 Å². The van der Waals surface area contributed by atoms with Gasteiger partial charge in [-0.25, -0.2) is 4.68 Å². The van der Waals surface area contributed by atoms with E-state index in [0.717, 1.165) is 23.3 Å². The summed E-state index contributed by atoms with van der Waals surface area (Å²) in [6.45, 7) is 3.12. The predicted octanol–water partition coefficient (Wildman–Crippen LogP) is 5.34. The number of ether oxygens (including phenoxy) is 1. The molecule has 0 bridgehead atoms. The van der Waals surface area contributed by atoms with E-state index in [2.05, 4.69) is 20.7 Å². The van der Waals surface area contributed by atoms with Crippen molar-refractivity contribution in [2.45, 2.75) is 13.1 Å². The van der Waals surface area contributed by atoms with Crippen molar-refractivity contribution in [3.05, 3.63) is 90.0 Å². The minimum Gasteiger partial charge on any atom is -0.381 e. The first-order chi connectivity index (χ1) is 19.2. The number of amides is 2. The van der Waals surface area contributed by atoms with Gasteiger partial charge in [-0.1, -0.05) is 12.1 Å². The standard InChI is InChI=1S/C29H24F3N5O3/c1-16-5-6-20(35-27(38)17-3-2-4-19(9-17)29(30,31)32)10-25(16)37-13-18(11-34-37)21-12-33-8-7-24(21)36-28(39)26-22-14-40-15-23(22)26/h2-13,22-23,26H,14-15H2,1H3,(H,35,38)(H,33,36,39). The smallest absolute Gasteiger partial charge is 0.381 e. The van der Waals surface area contributed by atoms with Crippen molar-refractivity contribution in [1.82, 2.24) is 14.8 Å². The Morgan fingerprint density at radius 1 is 1.02 bits per heavy atom. The van der Waals surface area contributed by atoms with Crippen LogP contribution in [0.25, 0.3) is 16.8 Å². The lowest BCUT2D eigenvalue weighted by atomic mass is 10.1. The first kappa shape index (κ1) is 25.8. The van der Waals surface area contributed by atoms with E-state index >= 15 is 0 Å². The molecule has 8 nitrogen and oxygen atoms in total. The molecule has 2 unspecified atom stereocenters. The van der Waals surface area contributed by atoms with Gasteiger partial charge in [-0.05, 0) is 60.7 Å². The third-order valence-electron chi connectivity index (χ3n) is 7.39. The van der Waals surface area contributed by atoms with Crippen molar-refractivity contribution >= 4 is 23.2 Å². The van der Waals surface area contributed by atoms with Gasteiger partial charge in [-0.3, -0.25) is 14.6 Å². The molecule has 4 aromatic rings. The van der Waals surface area contributed by atoms with Gasteiger partial charge in [0.15, 0.2) is 0 Å². The van der Waals surface area contributed by atoms with Crippen LogP contribution in [0.15, 0.2) is 73.3 Å².